The van der Waals surface area contributed by atoms with Gasteiger partial charge in [-0.2, -0.15) is 30.6 Å². The zero-order valence-corrected chi connectivity index (χ0v) is 83.6. The maximum absolute atomic E-state index is 13.3. The number of thioether (sulfide) groups is 1. The van der Waals surface area contributed by atoms with Crippen LogP contribution in [0.25, 0.3) is 21.8 Å². The normalized spacial score (nSPS) is 12.0. The number of nitrogens with one attached hydrogen (secondary N) is 5. The number of hydrogen-bond acceptors (Lipinski definition) is 28. The van der Waals surface area contributed by atoms with Crippen LogP contribution in [0.2, 0.25) is 15.1 Å². The summed E-state index contributed by atoms with van der Waals surface area (Å²) in [5.74, 6) is -1.55. The molecule has 2 unspecified atom stereocenters. The minimum atomic E-state index is -1.28. The summed E-state index contributed by atoms with van der Waals surface area (Å²) in [5, 5.41) is 86.8. The van der Waals surface area contributed by atoms with E-state index in [-0.39, 0.29) is 84.9 Å². The van der Waals surface area contributed by atoms with Crippen LogP contribution in [0.15, 0.2) is 247 Å². The number of amidine groups is 1. The molecule has 15 rings (SSSR count). The van der Waals surface area contributed by atoms with Gasteiger partial charge in [-0.1, -0.05) is 204 Å². The molecule has 14 aromatic rings. The lowest BCUT2D eigenvalue weighted by Crippen LogP contribution is -2.39. The minimum Gasteiger partial charge on any atom is -0.508 e. The van der Waals surface area contributed by atoms with Gasteiger partial charge in [-0.3, -0.25) is 33.6 Å². The van der Waals surface area contributed by atoms with Crippen molar-refractivity contribution in [3.05, 3.63) is 289 Å². The van der Waals surface area contributed by atoms with Crippen molar-refractivity contribution >= 4 is 179 Å². The predicted octanol–water partition coefficient (Wildman–Crippen LogP) is 22.8. The number of H-pyrrole nitrogens is 1. The Kier molecular flexibility index (Phi) is 38.4. The smallest absolute Gasteiger partial charge is 0.343 e. The minimum absolute atomic E-state index is 0.0667. The fraction of sp³-hybridized carbons (Fsp3) is 0.214. The third-order valence-corrected chi connectivity index (χ3v) is 25.1. The van der Waals surface area contributed by atoms with Gasteiger partial charge in [0.1, 0.15) is 56.5 Å². The van der Waals surface area contributed by atoms with Crippen molar-refractivity contribution in [2.24, 2.45) is 15.3 Å². The molecule has 0 aliphatic carbocycles. The Bertz CT molecular complexity index is 6930. The number of nitrogens with zero attached hydrogens (tertiary/aromatic N) is 9. The number of rotatable bonds is 30. The topological polar surface area (TPSA) is 432 Å². The number of hydrogen-bond donors (Lipinski definition) is 9. The molecule has 3 heterocycles. The second kappa shape index (κ2) is 51.0. The Morgan fingerprint density at radius 1 is 0.617 bits per heavy atom. The molecular formula is C103H101Cl3N14O18S3. The van der Waals surface area contributed by atoms with E-state index < -0.39 is 52.4 Å². The second-order valence-electron chi connectivity index (χ2n) is 31.6. The quantitative estimate of drug-likeness (QED) is 0.00384. The Labute approximate surface area is 840 Å². The summed E-state index contributed by atoms with van der Waals surface area (Å²) in [4.78, 5) is 99.9. The highest BCUT2D eigenvalue weighted by Crippen LogP contribution is 2.51. The van der Waals surface area contributed by atoms with E-state index in [0.717, 1.165) is 77.9 Å². The lowest BCUT2D eigenvalue weighted by molar-refractivity contribution is -0.139. The van der Waals surface area contributed by atoms with Crippen LogP contribution in [-0.4, -0.2) is 146 Å². The average molecular weight is 2030 g/mol. The van der Waals surface area contributed by atoms with Crippen LogP contribution in [0, 0.1) is 41.5 Å². The number of halogens is 3. The van der Waals surface area contributed by atoms with Gasteiger partial charge >= 0.3 is 11.9 Å². The first kappa shape index (κ1) is 106. The van der Waals surface area contributed by atoms with E-state index in [9.17, 15) is 58.8 Å². The first-order chi connectivity index (χ1) is 67.7. The second-order valence-corrected chi connectivity index (χ2v) is 36.7. The summed E-state index contributed by atoms with van der Waals surface area (Å²) in [5.41, 5.74) is 11.2. The van der Waals surface area contributed by atoms with E-state index in [0.29, 0.717) is 98.5 Å². The number of amides is 6. The number of anilines is 5. The molecule has 1 aliphatic heterocycles. The van der Waals surface area contributed by atoms with Gasteiger partial charge in [0.25, 0.3) is 23.6 Å². The molecule has 2 aromatic heterocycles. The summed E-state index contributed by atoms with van der Waals surface area (Å²) in [7, 11) is 4.50. The number of methoxy groups -OCH3 is 2. The number of aromatic hydroxyl groups is 4. The number of phenolic OH excluding ortho intramolecular Hbond substituents is 4. The Balaban J connectivity index is 0.000000180. The van der Waals surface area contributed by atoms with Crippen molar-refractivity contribution < 1.29 is 87.2 Å². The first-order valence-corrected chi connectivity index (χ1v) is 47.5. The van der Waals surface area contributed by atoms with Gasteiger partial charge in [0.05, 0.1) is 69.6 Å². The predicted molar refractivity (Wildman–Crippen MR) is 549 cm³/mol. The molecule has 0 bridgehead atoms. The summed E-state index contributed by atoms with van der Waals surface area (Å²) in [6.45, 7) is 19.5. The third-order valence-electron chi connectivity index (χ3n) is 20.9. The number of benzene rings is 12. The molecule has 0 saturated heterocycles. The van der Waals surface area contributed by atoms with Crippen molar-refractivity contribution in [2.75, 3.05) is 60.3 Å². The molecule has 0 spiro atoms. The maximum atomic E-state index is 13.3. The number of aryl methyl sites for hydroxylation is 7. The van der Waals surface area contributed by atoms with Crippen LogP contribution in [0.4, 0.5) is 34.1 Å². The molecule has 38 heteroatoms. The van der Waals surface area contributed by atoms with E-state index in [4.69, 9.17) is 63.2 Å². The van der Waals surface area contributed by atoms with Gasteiger partial charge in [-0.15, -0.1) is 15.3 Å². The molecular weight excluding hydrogens is 1920 g/mol. The number of phenols is 4. The third kappa shape index (κ3) is 29.0. The highest BCUT2D eigenvalue weighted by molar-refractivity contribution is 8.04. The van der Waals surface area contributed by atoms with Gasteiger partial charge in [0.15, 0.2) is 38.4 Å². The Morgan fingerprint density at radius 3 is 2.01 bits per heavy atom. The lowest BCUT2D eigenvalue weighted by atomic mass is 10.0. The molecule has 0 radical (unpaired) electrons. The molecule has 1 aliphatic rings. The largest absolute Gasteiger partial charge is 0.508 e. The number of fused-ring (bicyclic) bond motifs is 2. The Hall–Kier alpha value is -15.1. The number of aromatic nitrogens is 5. The zero-order chi connectivity index (χ0) is 102. The first-order valence-electron chi connectivity index (χ1n) is 43.9. The number of hydrazone groups is 1. The molecule has 9 N–H and O–H groups in total. The van der Waals surface area contributed by atoms with Crippen LogP contribution in [0.3, 0.4) is 0 Å². The number of ether oxygens (including phenoxy) is 6. The Morgan fingerprint density at radius 2 is 1.30 bits per heavy atom. The van der Waals surface area contributed by atoms with E-state index in [1.807, 2.05) is 62.4 Å². The van der Waals surface area contributed by atoms with Crippen molar-refractivity contribution in [1.82, 2.24) is 30.9 Å². The van der Waals surface area contributed by atoms with Crippen LogP contribution < -0.4 is 54.9 Å². The van der Waals surface area contributed by atoms with Crippen LogP contribution in [0.1, 0.15) is 123 Å². The van der Waals surface area contributed by atoms with E-state index in [1.165, 1.54) is 96.7 Å². The summed E-state index contributed by atoms with van der Waals surface area (Å²) >= 11 is 22.1. The van der Waals surface area contributed by atoms with E-state index in [2.05, 4.69) is 108 Å². The molecule has 6 amide bonds. The average Bonchev–Trinajstić information content (AvgIpc) is 1.71. The maximum Gasteiger partial charge on any atom is 0.343 e. The fourth-order valence-electron chi connectivity index (χ4n) is 13.6. The van der Waals surface area contributed by atoms with Gasteiger partial charge in [0, 0.05) is 47.1 Å². The monoisotopic (exact) mass is 2020 g/mol. The van der Waals surface area contributed by atoms with Crippen LogP contribution in [-0.2, 0) is 35.1 Å². The van der Waals surface area contributed by atoms with Gasteiger partial charge in [0.2, 0.25) is 24.1 Å². The number of aromatic amines is 1. The molecule has 12 aromatic carbocycles. The van der Waals surface area contributed by atoms with Crippen LogP contribution in [0.5, 0.6) is 57.5 Å². The van der Waals surface area contributed by atoms with E-state index >= 15 is 0 Å². The van der Waals surface area contributed by atoms with Gasteiger partial charge < -0.3 is 75.0 Å². The highest BCUT2D eigenvalue weighted by atomic mass is 35.5. The standard InChI is InChI=1S/C34H39N3O8S3.C24H17Cl3N6O3.C21H20N2O4.C13H9N3O2.C11H16O/c1-7-8-9-10-22-13-18(2)11-12-25(22)44-17-28(39)35-23-16-24(38)19(3)14-26(23)45-27-15-20(4)31(30(41)29(27)40)47-34-37-36-33(48-34)46-21(5)32(42)43-6;1-13-5-7-16(8-6-13)30-31-20-22(29-23(35)14-3-2-4-17(9-14)28-12-34)32-33(24(20)36)21-18(26)10-15(25)11-19(21)27;1-13(24)23(2)18-9-6-7-15-14(18)11-12-16(20(15)25)21(26)22-17-8-4-5-10-19(17)27-3;17-13(18-10-4-2-1-3-5-10)9-6-7-11-12(8-9)15-16-14-11;1-4-7-12-11-6-5-9(2)8-10(11)3/h11-16,21,38,40-41H,7-10,17H2,1-6H3,(H,35,39);2-12,20H,1H3,(H,28,34)(H,29,32,35);4-12,25H,1-3H3,(H,22,26);1-8H,(H,14,15,16);5-6,8H,4,7H2,1-3H3. The molecule has 141 heavy (non-hydrogen) atoms. The van der Waals surface area contributed by atoms with Crippen molar-refractivity contribution in [1.29, 1.82) is 0 Å². The number of carbonyl (C=O) groups is 8. The van der Waals surface area contributed by atoms with Gasteiger partial charge in [-0.05, 0) is 211 Å². The zero-order valence-electron chi connectivity index (χ0n) is 78.9. The van der Waals surface area contributed by atoms with E-state index in [1.54, 1.807) is 143 Å². The highest BCUT2D eigenvalue weighted by Gasteiger charge is 2.41. The summed E-state index contributed by atoms with van der Waals surface area (Å²) in [6.07, 6.45) is 5.63. The molecule has 730 valence electrons. The number of unbranched alkanes of at least 4 members (excludes halogenated alkanes) is 2. The molecule has 2 atom stereocenters. The number of carbonyl (C=O) groups excluding carboxylic acids is 8. The molecule has 32 nitrogen and oxygen atoms in total. The van der Waals surface area contributed by atoms with Gasteiger partial charge in [-0.25, -0.2) is 4.79 Å². The SMILES string of the molecule is CCCCCc1cc(C)ccc1OCC(=O)Nc1cc(O)c(C)cc1Oc1cc(C)c(Sc2nnc(SC(C)C(=O)OC)s2)c(O)c1O.CCCOc1ccc(C)cc1C.COc1ccccc1NC(=O)c1ccc2c(N(C)C(C)=O)cccc2c1O.Cc1ccc(N=NC2C(=O)N(c3c(Cl)cc(Cl)cc3Cl)N=C2NC(=O)c2cccc(NC=O)c2)cc1.O=C(Oc1ccccc1)c1ccc2n[nH]nc2c1. The number of esters is 2. The number of azo groups is 1. The summed E-state index contributed by atoms with van der Waals surface area (Å²) < 4.78 is 33.7. The molecule has 0 saturated carbocycles. The van der Waals surface area contributed by atoms with Crippen molar-refractivity contribution in [2.45, 2.75) is 126 Å². The van der Waals surface area contributed by atoms with Crippen LogP contribution >= 0.6 is 69.7 Å². The van der Waals surface area contributed by atoms with Crippen molar-refractivity contribution in [3.63, 3.8) is 0 Å². The molecule has 0 fully saturated rings. The lowest BCUT2D eigenvalue weighted by Gasteiger charge is -2.18. The number of para-hydroxylation sites is 3. The summed E-state index contributed by atoms with van der Waals surface area (Å²) in [6, 6.07) is 61.0. The fourth-order valence-corrected chi connectivity index (χ4v) is 17.8. The van der Waals surface area contributed by atoms with Crippen molar-refractivity contribution in [3.8, 4) is 57.5 Å².